The van der Waals surface area contributed by atoms with Gasteiger partial charge in [-0.2, -0.15) is 0 Å². The standard InChI is InChI=1S/C43H82NO8P/c1-5-7-9-11-13-15-17-19-21-23-25-27-29-31-33-35-42(45)49-39-41(40-51-53(47,48)50-38-37-44(3)4)52-43(46)36-34-32-30-28-26-24-22-20-18-16-14-12-10-8-6-2/h13,15,19,21,41H,5-12,14,16-18,20,22-40H2,1-4H3,(H,47,48)/b15-13-,21-19-. The monoisotopic (exact) mass is 772 g/mol. The molecule has 0 saturated heterocycles. The lowest BCUT2D eigenvalue weighted by molar-refractivity contribution is -0.161. The van der Waals surface area contributed by atoms with Crippen molar-refractivity contribution in [2.24, 2.45) is 0 Å². The molecule has 0 aromatic rings. The molecule has 2 atom stereocenters. The molecule has 0 aromatic carbocycles. The smallest absolute Gasteiger partial charge is 0.462 e. The summed E-state index contributed by atoms with van der Waals surface area (Å²) in [5.41, 5.74) is 0. The predicted octanol–water partition coefficient (Wildman–Crippen LogP) is 12.2. The van der Waals surface area contributed by atoms with Gasteiger partial charge in [0.25, 0.3) is 0 Å². The third kappa shape index (κ3) is 40.0. The van der Waals surface area contributed by atoms with Crippen LogP contribution in [0.4, 0.5) is 0 Å². The third-order valence-corrected chi connectivity index (χ3v) is 10.2. The van der Waals surface area contributed by atoms with Crippen LogP contribution in [-0.2, 0) is 32.7 Å². The predicted molar refractivity (Wildman–Crippen MR) is 220 cm³/mol. The quantitative estimate of drug-likeness (QED) is 0.0281. The van der Waals surface area contributed by atoms with Gasteiger partial charge in [0.1, 0.15) is 6.61 Å². The van der Waals surface area contributed by atoms with E-state index in [1.165, 1.54) is 103 Å². The molecule has 0 aliphatic heterocycles. The molecule has 0 radical (unpaired) electrons. The van der Waals surface area contributed by atoms with Gasteiger partial charge in [0.15, 0.2) is 6.10 Å². The van der Waals surface area contributed by atoms with Gasteiger partial charge in [-0.1, -0.05) is 160 Å². The van der Waals surface area contributed by atoms with Crippen LogP contribution < -0.4 is 0 Å². The minimum atomic E-state index is -4.36. The van der Waals surface area contributed by atoms with Crippen LogP contribution in [0.15, 0.2) is 24.3 Å². The minimum absolute atomic E-state index is 0.00691. The number of unbranched alkanes of at least 4 members (excludes halogenated alkanes) is 22. The van der Waals surface area contributed by atoms with Crippen LogP contribution in [0.2, 0.25) is 0 Å². The zero-order valence-electron chi connectivity index (χ0n) is 34.7. The number of rotatable bonds is 40. The van der Waals surface area contributed by atoms with Crippen molar-refractivity contribution in [1.82, 2.24) is 4.90 Å². The number of phosphoric ester groups is 1. The first-order valence-electron chi connectivity index (χ1n) is 21.6. The van der Waals surface area contributed by atoms with Crippen LogP contribution in [0.25, 0.3) is 0 Å². The highest BCUT2D eigenvalue weighted by molar-refractivity contribution is 7.47. The maximum Gasteiger partial charge on any atom is 0.472 e. The molecule has 1 N–H and O–H groups in total. The van der Waals surface area contributed by atoms with E-state index in [4.69, 9.17) is 18.5 Å². The number of hydrogen-bond donors (Lipinski definition) is 1. The van der Waals surface area contributed by atoms with E-state index in [-0.39, 0.29) is 32.0 Å². The fraction of sp³-hybridized carbons (Fsp3) is 0.860. The van der Waals surface area contributed by atoms with E-state index in [1.807, 2.05) is 19.0 Å². The lowest BCUT2D eigenvalue weighted by atomic mass is 10.0. The van der Waals surface area contributed by atoms with E-state index >= 15 is 0 Å². The summed E-state index contributed by atoms with van der Waals surface area (Å²) in [6.07, 6.45) is 39.3. The number of phosphoric acid groups is 1. The van der Waals surface area contributed by atoms with Crippen LogP contribution in [0, 0.1) is 0 Å². The topological polar surface area (TPSA) is 112 Å². The Morgan fingerprint density at radius 1 is 0.585 bits per heavy atom. The van der Waals surface area contributed by atoms with Crippen LogP contribution in [0.5, 0.6) is 0 Å². The Labute approximate surface area is 326 Å². The summed E-state index contributed by atoms with van der Waals surface area (Å²) in [6, 6.07) is 0. The highest BCUT2D eigenvalue weighted by atomic mass is 31.2. The van der Waals surface area contributed by atoms with Gasteiger partial charge in [0.2, 0.25) is 0 Å². The summed E-state index contributed by atoms with van der Waals surface area (Å²) in [5, 5.41) is 0. The van der Waals surface area contributed by atoms with Gasteiger partial charge in [0, 0.05) is 19.4 Å². The second-order valence-corrected chi connectivity index (χ2v) is 16.3. The lowest BCUT2D eigenvalue weighted by Gasteiger charge is -2.20. The molecule has 9 nitrogen and oxygen atoms in total. The van der Waals surface area contributed by atoms with Crippen molar-refractivity contribution in [3.05, 3.63) is 24.3 Å². The molecular formula is C43H82NO8P. The molecule has 10 heteroatoms. The maximum atomic E-state index is 12.6. The van der Waals surface area contributed by atoms with Gasteiger partial charge in [-0.15, -0.1) is 0 Å². The fourth-order valence-electron chi connectivity index (χ4n) is 5.89. The van der Waals surface area contributed by atoms with Crippen LogP contribution in [0.3, 0.4) is 0 Å². The molecule has 0 spiro atoms. The lowest BCUT2D eigenvalue weighted by Crippen LogP contribution is -2.29. The Morgan fingerprint density at radius 2 is 1.02 bits per heavy atom. The molecule has 0 heterocycles. The van der Waals surface area contributed by atoms with Gasteiger partial charge < -0.3 is 19.3 Å². The Morgan fingerprint density at radius 3 is 1.53 bits per heavy atom. The van der Waals surface area contributed by atoms with Crippen molar-refractivity contribution >= 4 is 19.8 Å². The Bertz CT molecular complexity index is 941. The SMILES string of the molecule is CCCCC/C=C\C/C=C\CCCCCCCC(=O)OCC(COP(=O)(O)OCCN(C)C)OC(=O)CCCCCCCCCCCCCCCCC. The Balaban J connectivity index is 4.30. The first-order valence-corrected chi connectivity index (χ1v) is 23.1. The van der Waals surface area contributed by atoms with E-state index in [0.29, 0.717) is 13.0 Å². The fourth-order valence-corrected chi connectivity index (χ4v) is 6.64. The van der Waals surface area contributed by atoms with Crippen molar-refractivity contribution in [2.45, 2.75) is 200 Å². The van der Waals surface area contributed by atoms with Gasteiger partial charge >= 0.3 is 19.8 Å². The summed E-state index contributed by atoms with van der Waals surface area (Å²) >= 11 is 0. The first kappa shape index (κ1) is 51.5. The van der Waals surface area contributed by atoms with Gasteiger partial charge in [-0.3, -0.25) is 18.6 Å². The zero-order chi connectivity index (χ0) is 39.1. The average Bonchev–Trinajstić information content (AvgIpc) is 3.12. The van der Waals surface area contributed by atoms with Crippen molar-refractivity contribution in [2.75, 3.05) is 40.5 Å². The number of esters is 2. The van der Waals surface area contributed by atoms with Gasteiger partial charge in [-0.25, -0.2) is 4.57 Å². The second-order valence-electron chi connectivity index (χ2n) is 14.9. The van der Waals surface area contributed by atoms with Crippen LogP contribution in [-0.4, -0.2) is 68.3 Å². The molecule has 0 saturated carbocycles. The van der Waals surface area contributed by atoms with Crippen molar-refractivity contribution in [3.63, 3.8) is 0 Å². The molecule has 53 heavy (non-hydrogen) atoms. The molecule has 0 fully saturated rings. The number of ether oxygens (including phenoxy) is 2. The number of hydrogen-bond acceptors (Lipinski definition) is 8. The Hall–Kier alpha value is -1.51. The van der Waals surface area contributed by atoms with Crippen molar-refractivity contribution in [1.29, 1.82) is 0 Å². The molecule has 312 valence electrons. The van der Waals surface area contributed by atoms with Gasteiger partial charge in [0.05, 0.1) is 13.2 Å². The molecule has 0 bridgehead atoms. The number of carbonyl (C=O) groups is 2. The normalized spacial score (nSPS) is 13.6. The molecule has 0 rings (SSSR count). The van der Waals surface area contributed by atoms with E-state index in [0.717, 1.165) is 57.8 Å². The second kappa shape index (κ2) is 38.8. The minimum Gasteiger partial charge on any atom is -0.462 e. The first-order chi connectivity index (χ1) is 25.7. The zero-order valence-corrected chi connectivity index (χ0v) is 35.6. The highest BCUT2D eigenvalue weighted by Gasteiger charge is 2.26. The van der Waals surface area contributed by atoms with E-state index in [9.17, 15) is 19.0 Å². The average molecular weight is 772 g/mol. The Kier molecular flexibility index (Phi) is 37.6. The van der Waals surface area contributed by atoms with Crippen LogP contribution >= 0.6 is 7.82 Å². The summed E-state index contributed by atoms with van der Waals surface area (Å²) < 4.78 is 33.4. The largest absolute Gasteiger partial charge is 0.472 e. The van der Waals surface area contributed by atoms with Gasteiger partial charge in [-0.05, 0) is 59.0 Å². The highest BCUT2D eigenvalue weighted by Crippen LogP contribution is 2.43. The van der Waals surface area contributed by atoms with E-state index in [1.54, 1.807) is 0 Å². The molecule has 2 unspecified atom stereocenters. The maximum absolute atomic E-state index is 12.6. The van der Waals surface area contributed by atoms with Crippen molar-refractivity contribution in [3.8, 4) is 0 Å². The van der Waals surface area contributed by atoms with Crippen molar-refractivity contribution < 1.29 is 37.6 Å². The summed E-state index contributed by atoms with van der Waals surface area (Å²) in [5.74, 6) is -0.812. The molecule has 0 aliphatic carbocycles. The molecule has 0 aliphatic rings. The number of allylic oxidation sites excluding steroid dienone is 4. The summed E-state index contributed by atoms with van der Waals surface area (Å²) in [4.78, 5) is 37.0. The van der Waals surface area contributed by atoms with Crippen LogP contribution in [0.1, 0.15) is 194 Å². The number of carbonyl (C=O) groups excluding carboxylic acids is 2. The van der Waals surface area contributed by atoms with E-state index < -0.39 is 26.5 Å². The molecular weight excluding hydrogens is 689 g/mol. The number of likely N-dealkylation sites (N-methyl/N-ethyl adjacent to an activating group) is 1. The number of nitrogens with zero attached hydrogens (tertiary/aromatic N) is 1. The third-order valence-electron chi connectivity index (χ3n) is 9.26. The molecule has 0 aromatic heterocycles. The molecule has 0 amide bonds. The summed E-state index contributed by atoms with van der Waals surface area (Å²) in [6.45, 7) is 4.29. The van der Waals surface area contributed by atoms with E-state index in [2.05, 4.69) is 38.2 Å². The summed E-state index contributed by atoms with van der Waals surface area (Å²) in [7, 11) is -0.712.